The van der Waals surface area contributed by atoms with Gasteiger partial charge >= 0.3 is 0 Å². The maximum atomic E-state index is 6.14. The minimum atomic E-state index is 0.0475. The zero-order valence-corrected chi connectivity index (χ0v) is 12.8. The minimum Gasteiger partial charge on any atom is -0.378 e. The van der Waals surface area contributed by atoms with Crippen molar-refractivity contribution in [2.45, 2.75) is 36.1 Å². The first-order valence-electron chi connectivity index (χ1n) is 5.20. The van der Waals surface area contributed by atoms with Crippen LogP contribution in [0.3, 0.4) is 0 Å². The summed E-state index contributed by atoms with van der Waals surface area (Å²) in [7, 11) is 1.79. The number of halogens is 3. The molecule has 0 amide bonds. The zero-order chi connectivity index (χ0) is 11.8. The van der Waals surface area contributed by atoms with Crippen LogP contribution in [0, 0.1) is 0 Å². The van der Waals surface area contributed by atoms with E-state index >= 15 is 0 Å². The van der Waals surface area contributed by atoms with Crippen molar-refractivity contribution in [3.05, 3.63) is 20.3 Å². The van der Waals surface area contributed by atoms with Crippen LogP contribution in [-0.2, 0) is 4.74 Å². The number of ether oxygens (including phenoxy) is 1. The molecule has 0 radical (unpaired) electrons. The van der Waals surface area contributed by atoms with Crippen LogP contribution in [0.2, 0.25) is 8.67 Å². The van der Waals surface area contributed by atoms with Gasteiger partial charge in [-0.25, -0.2) is 0 Å². The molecule has 1 aromatic heterocycles. The number of alkyl halides is 1. The quantitative estimate of drug-likeness (QED) is 0.660. The van der Waals surface area contributed by atoms with E-state index in [0.717, 1.165) is 33.5 Å². The minimum absolute atomic E-state index is 0.0475. The monoisotopic (exact) mass is 342 g/mol. The molecule has 16 heavy (non-hydrogen) atoms. The van der Waals surface area contributed by atoms with E-state index in [1.165, 1.54) is 17.8 Å². The van der Waals surface area contributed by atoms with E-state index in [1.54, 1.807) is 7.11 Å². The summed E-state index contributed by atoms with van der Waals surface area (Å²) in [5.74, 6) is 0. The first-order chi connectivity index (χ1) is 7.56. The predicted octanol–water partition coefficient (Wildman–Crippen LogP) is 5.45. The Hall–Kier alpha value is 0.720. The van der Waals surface area contributed by atoms with Crippen molar-refractivity contribution in [3.63, 3.8) is 0 Å². The molecule has 0 saturated heterocycles. The number of hydrogen-bond donors (Lipinski definition) is 0. The SMILES string of the molecule is COC1(CC(Br)c2cc(Cl)sc2Cl)CCC1. The van der Waals surface area contributed by atoms with Crippen molar-refractivity contribution in [2.75, 3.05) is 7.11 Å². The lowest BCUT2D eigenvalue weighted by Gasteiger charge is -2.41. The second-order valence-corrected chi connectivity index (χ2v) is 7.58. The molecular weight excluding hydrogens is 331 g/mol. The molecule has 1 unspecified atom stereocenters. The maximum absolute atomic E-state index is 6.14. The molecule has 5 heteroatoms. The summed E-state index contributed by atoms with van der Waals surface area (Å²) >= 11 is 17.2. The Kier molecular flexibility index (Phi) is 4.23. The Balaban J connectivity index is 2.07. The average Bonchev–Trinajstić information content (AvgIpc) is 2.51. The van der Waals surface area contributed by atoms with Gasteiger partial charge in [0.05, 0.1) is 14.3 Å². The normalized spacial score (nSPS) is 20.5. The molecule has 0 aliphatic heterocycles. The topological polar surface area (TPSA) is 9.23 Å². The molecule has 0 spiro atoms. The second-order valence-electron chi connectivity index (χ2n) is 4.19. The van der Waals surface area contributed by atoms with Crippen LogP contribution in [0.5, 0.6) is 0 Å². The molecule has 2 rings (SSSR count). The summed E-state index contributed by atoms with van der Waals surface area (Å²) in [6.45, 7) is 0. The van der Waals surface area contributed by atoms with E-state index < -0.39 is 0 Å². The number of thiophene rings is 1. The molecule has 1 nitrogen and oxygen atoms in total. The van der Waals surface area contributed by atoms with Gasteiger partial charge in [0.2, 0.25) is 0 Å². The number of hydrogen-bond acceptors (Lipinski definition) is 2. The highest BCUT2D eigenvalue weighted by atomic mass is 79.9. The molecule has 1 aromatic rings. The van der Waals surface area contributed by atoms with Crippen LogP contribution in [0.15, 0.2) is 6.07 Å². The third-order valence-corrected chi connectivity index (χ3v) is 5.60. The van der Waals surface area contributed by atoms with E-state index in [1.807, 2.05) is 6.07 Å². The fraction of sp³-hybridized carbons (Fsp3) is 0.636. The number of methoxy groups -OCH3 is 1. The van der Waals surface area contributed by atoms with Gasteiger partial charge in [-0.1, -0.05) is 39.1 Å². The van der Waals surface area contributed by atoms with Crippen molar-refractivity contribution < 1.29 is 4.74 Å². The van der Waals surface area contributed by atoms with Gasteiger partial charge in [-0.3, -0.25) is 0 Å². The van der Waals surface area contributed by atoms with E-state index in [-0.39, 0.29) is 10.4 Å². The van der Waals surface area contributed by atoms with Gasteiger partial charge in [-0.15, -0.1) is 11.3 Å². The van der Waals surface area contributed by atoms with Crippen molar-refractivity contribution in [1.82, 2.24) is 0 Å². The van der Waals surface area contributed by atoms with Crippen molar-refractivity contribution in [2.24, 2.45) is 0 Å². The molecule has 90 valence electrons. The molecule has 1 fully saturated rings. The molecule has 0 aromatic carbocycles. The lowest BCUT2D eigenvalue weighted by atomic mass is 9.76. The van der Waals surface area contributed by atoms with Gasteiger partial charge in [0.25, 0.3) is 0 Å². The predicted molar refractivity (Wildman–Crippen MR) is 74.2 cm³/mol. The molecular formula is C11H13BrCl2OS. The van der Waals surface area contributed by atoms with Crippen LogP contribution >= 0.6 is 50.5 Å². The number of rotatable bonds is 4. The highest BCUT2D eigenvalue weighted by Crippen LogP contribution is 2.47. The summed E-state index contributed by atoms with van der Waals surface area (Å²) in [5, 5.41) is 0. The Morgan fingerprint density at radius 1 is 1.56 bits per heavy atom. The molecule has 0 bridgehead atoms. The van der Waals surface area contributed by atoms with Crippen LogP contribution in [0.25, 0.3) is 0 Å². The molecule has 1 heterocycles. The Labute approximate surface area is 118 Å². The van der Waals surface area contributed by atoms with Gasteiger partial charge in [0.1, 0.15) is 0 Å². The Morgan fingerprint density at radius 3 is 2.62 bits per heavy atom. The van der Waals surface area contributed by atoms with E-state index in [4.69, 9.17) is 27.9 Å². The van der Waals surface area contributed by atoms with Gasteiger partial charge in [-0.2, -0.15) is 0 Å². The molecule has 1 aliphatic rings. The second kappa shape index (κ2) is 5.15. The highest BCUT2D eigenvalue weighted by molar-refractivity contribution is 9.09. The van der Waals surface area contributed by atoms with Crippen molar-refractivity contribution in [3.8, 4) is 0 Å². The summed E-state index contributed by atoms with van der Waals surface area (Å²) in [6.07, 6.45) is 4.49. The van der Waals surface area contributed by atoms with Crippen molar-refractivity contribution >= 4 is 50.5 Å². The Bertz CT molecular complexity index is 371. The van der Waals surface area contributed by atoms with E-state index in [0.29, 0.717) is 0 Å². The maximum Gasteiger partial charge on any atom is 0.0987 e. The van der Waals surface area contributed by atoms with Crippen LogP contribution in [0.4, 0.5) is 0 Å². The average molecular weight is 344 g/mol. The molecule has 1 aliphatic carbocycles. The summed E-state index contributed by atoms with van der Waals surface area (Å²) in [4.78, 5) is 0.226. The summed E-state index contributed by atoms with van der Waals surface area (Å²) in [5.41, 5.74) is 1.13. The lowest BCUT2D eigenvalue weighted by Crippen LogP contribution is -2.39. The zero-order valence-electron chi connectivity index (χ0n) is 8.93. The first kappa shape index (κ1) is 13.2. The van der Waals surface area contributed by atoms with E-state index in [9.17, 15) is 0 Å². The summed E-state index contributed by atoms with van der Waals surface area (Å²) < 4.78 is 7.13. The standard InChI is InChI=1S/C11H13BrCl2OS/c1-15-11(3-2-4-11)6-8(12)7-5-9(13)16-10(7)14/h5,8H,2-4,6H2,1H3. The highest BCUT2D eigenvalue weighted by Gasteiger charge is 2.39. The first-order valence-corrected chi connectivity index (χ1v) is 7.69. The fourth-order valence-electron chi connectivity index (χ4n) is 2.07. The van der Waals surface area contributed by atoms with Gasteiger partial charge in [0, 0.05) is 11.9 Å². The lowest BCUT2D eigenvalue weighted by molar-refractivity contribution is -0.0773. The molecule has 1 atom stereocenters. The molecule has 0 N–H and O–H groups in total. The summed E-state index contributed by atoms with van der Waals surface area (Å²) in [6, 6.07) is 1.94. The van der Waals surface area contributed by atoms with Crippen LogP contribution in [-0.4, -0.2) is 12.7 Å². The van der Waals surface area contributed by atoms with Crippen LogP contribution in [0.1, 0.15) is 36.1 Å². The molecule has 1 saturated carbocycles. The fourth-order valence-corrected chi connectivity index (χ4v) is 4.88. The Morgan fingerprint density at radius 2 is 2.25 bits per heavy atom. The largest absolute Gasteiger partial charge is 0.378 e. The van der Waals surface area contributed by atoms with E-state index in [2.05, 4.69) is 15.9 Å². The van der Waals surface area contributed by atoms with Crippen molar-refractivity contribution in [1.29, 1.82) is 0 Å². The van der Waals surface area contributed by atoms with Gasteiger partial charge < -0.3 is 4.74 Å². The smallest absolute Gasteiger partial charge is 0.0987 e. The third-order valence-electron chi connectivity index (χ3n) is 3.27. The van der Waals surface area contributed by atoms with Gasteiger partial charge in [-0.05, 0) is 37.3 Å². The van der Waals surface area contributed by atoms with Gasteiger partial charge in [0.15, 0.2) is 0 Å². The third kappa shape index (κ3) is 2.59. The van der Waals surface area contributed by atoms with Crippen LogP contribution < -0.4 is 0 Å².